The maximum Gasteiger partial charge on any atom is 0.339 e. The number of benzene rings is 1. The van der Waals surface area contributed by atoms with Gasteiger partial charge in [-0.05, 0) is 25.1 Å². The Kier molecular flexibility index (Phi) is 8.35. The highest BCUT2D eigenvalue weighted by atomic mass is 16.5. The summed E-state index contributed by atoms with van der Waals surface area (Å²) in [6.07, 6.45) is 0.343. The van der Waals surface area contributed by atoms with E-state index in [0.717, 1.165) is 0 Å². The van der Waals surface area contributed by atoms with Crippen LogP contribution in [-0.2, 0) is 9.59 Å². The van der Waals surface area contributed by atoms with E-state index in [1.165, 1.54) is 19.1 Å². The van der Waals surface area contributed by atoms with Gasteiger partial charge in [0.25, 0.3) is 0 Å². The molecule has 0 radical (unpaired) electrons. The summed E-state index contributed by atoms with van der Waals surface area (Å²) < 4.78 is 4.69. The molecule has 0 bridgehead atoms. The number of aliphatic carboxylic acids is 1. The Hall–Kier alpha value is -2.45. The third-order valence-corrected chi connectivity index (χ3v) is 2.17. The average molecular weight is 298 g/mol. The fraction of sp³-hybridized carbons (Fsp3) is 0.308. The molecule has 21 heavy (non-hydrogen) atoms. The van der Waals surface area contributed by atoms with Crippen LogP contribution < -0.4 is 16.2 Å². The number of ether oxygens (including phenoxy) is 1. The molecule has 1 aromatic rings. The molecule has 0 aromatic heterocycles. The molecular weight excluding hydrogens is 280 g/mol. The smallest absolute Gasteiger partial charge is 0.339 e. The number of carbonyl (C=O) groups is 3. The van der Waals surface area contributed by atoms with Crippen molar-refractivity contribution in [3.8, 4) is 5.75 Å². The van der Waals surface area contributed by atoms with Gasteiger partial charge >= 0.3 is 17.9 Å². The normalized spacial score (nSPS) is 10.8. The molecule has 8 heteroatoms. The van der Waals surface area contributed by atoms with Gasteiger partial charge in [-0.2, -0.15) is 0 Å². The van der Waals surface area contributed by atoms with Gasteiger partial charge in [0.1, 0.15) is 17.4 Å². The van der Waals surface area contributed by atoms with Crippen molar-refractivity contribution in [3.05, 3.63) is 29.8 Å². The van der Waals surface area contributed by atoms with E-state index < -0.39 is 23.9 Å². The predicted octanol–water partition coefficient (Wildman–Crippen LogP) is 0.0572. The number of nitrogens with two attached hydrogens (primary N) is 2. The molecule has 0 saturated carbocycles. The van der Waals surface area contributed by atoms with E-state index in [1.807, 2.05) is 0 Å². The fourth-order valence-corrected chi connectivity index (χ4v) is 1.19. The monoisotopic (exact) mass is 298 g/mol. The van der Waals surface area contributed by atoms with Crippen molar-refractivity contribution in [3.63, 3.8) is 0 Å². The van der Waals surface area contributed by atoms with Gasteiger partial charge in [-0.1, -0.05) is 12.1 Å². The van der Waals surface area contributed by atoms with Gasteiger partial charge in [0.15, 0.2) is 0 Å². The van der Waals surface area contributed by atoms with Crippen molar-refractivity contribution in [1.29, 1.82) is 0 Å². The van der Waals surface area contributed by atoms with Crippen LogP contribution in [0.2, 0.25) is 0 Å². The summed E-state index contributed by atoms with van der Waals surface area (Å²) in [5.41, 5.74) is 10.1. The SMILES string of the molecule is CC(=O)Oc1ccccc1C(=O)O.NCCC(N)C(=O)O. The number of rotatable bonds is 5. The zero-order valence-electron chi connectivity index (χ0n) is 11.5. The highest BCUT2D eigenvalue weighted by Gasteiger charge is 2.11. The van der Waals surface area contributed by atoms with Crippen molar-refractivity contribution >= 4 is 17.9 Å². The molecule has 0 fully saturated rings. The molecule has 0 aliphatic rings. The number of aromatic carboxylic acids is 1. The summed E-state index contributed by atoms with van der Waals surface area (Å²) in [5, 5.41) is 16.8. The molecule has 6 N–H and O–H groups in total. The number of carboxylic acid groups (broad SMARTS) is 2. The van der Waals surface area contributed by atoms with Crippen LogP contribution in [0.15, 0.2) is 24.3 Å². The van der Waals surface area contributed by atoms with E-state index in [9.17, 15) is 14.4 Å². The maximum atomic E-state index is 10.6. The first kappa shape index (κ1) is 18.6. The summed E-state index contributed by atoms with van der Waals surface area (Å²) in [6, 6.07) is 5.19. The number of hydrogen-bond donors (Lipinski definition) is 4. The highest BCUT2D eigenvalue weighted by molar-refractivity contribution is 5.91. The largest absolute Gasteiger partial charge is 0.480 e. The summed E-state index contributed by atoms with van der Waals surface area (Å²) in [7, 11) is 0. The number of esters is 1. The Bertz CT molecular complexity index is 503. The van der Waals surface area contributed by atoms with Crippen molar-refractivity contribution in [2.45, 2.75) is 19.4 Å². The first-order valence-electron chi connectivity index (χ1n) is 5.98. The molecule has 0 aliphatic carbocycles. The Morgan fingerprint density at radius 1 is 1.24 bits per heavy atom. The molecule has 1 rings (SSSR count). The second-order valence-electron chi connectivity index (χ2n) is 3.92. The van der Waals surface area contributed by atoms with Crippen LogP contribution in [0.4, 0.5) is 0 Å². The molecular formula is C13H18N2O6. The minimum atomic E-state index is -1.11. The summed E-state index contributed by atoms with van der Waals surface area (Å²) in [6.45, 7) is 1.55. The van der Waals surface area contributed by atoms with Crippen molar-refractivity contribution in [2.75, 3.05) is 6.54 Å². The van der Waals surface area contributed by atoms with Gasteiger partial charge in [-0.3, -0.25) is 9.59 Å². The molecule has 0 amide bonds. The predicted molar refractivity (Wildman–Crippen MR) is 74.0 cm³/mol. The third kappa shape index (κ3) is 7.65. The third-order valence-electron chi connectivity index (χ3n) is 2.17. The average Bonchev–Trinajstić information content (AvgIpc) is 2.39. The molecule has 1 aromatic carbocycles. The van der Waals surface area contributed by atoms with Crippen LogP contribution in [0.5, 0.6) is 5.75 Å². The van der Waals surface area contributed by atoms with E-state index in [0.29, 0.717) is 13.0 Å². The number of para-hydroxylation sites is 1. The van der Waals surface area contributed by atoms with E-state index in [1.54, 1.807) is 12.1 Å². The van der Waals surface area contributed by atoms with Crippen LogP contribution in [0, 0.1) is 0 Å². The van der Waals surface area contributed by atoms with Gasteiger partial charge in [0, 0.05) is 6.92 Å². The van der Waals surface area contributed by atoms with Gasteiger partial charge in [-0.15, -0.1) is 0 Å². The fourth-order valence-electron chi connectivity index (χ4n) is 1.19. The Balaban J connectivity index is 0.000000433. The first-order chi connectivity index (χ1) is 9.79. The molecule has 8 nitrogen and oxygen atoms in total. The van der Waals surface area contributed by atoms with E-state index >= 15 is 0 Å². The number of hydrogen-bond acceptors (Lipinski definition) is 6. The van der Waals surface area contributed by atoms with Gasteiger partial charge in [0.2, 0.25) is 0 Å². The van der Waals surface area contributed by atoms with Crippen molar-refractivity contribution in [2.24, 2.45) is 11.5 Å². The lowest BCUT2D eigenvalue weighted by Gasteiger charge is -2.03. The van der Waals surface area contributed by atoms with Crippen molar-refractivity contribution in [1.82, 2.24) is 0 Å². The standard InChI is InChI=1S/C9H8O4.C4H10N2O2/c1-6(10)13-8-5-3-2-4-7(8)9(11)12;5-2-1-3(6)4(7)8/h2-5H,1H3,(H,11,12);3H,1-2,5-6H2,(H,7,8). The van der Waals surface area contributed by atoms with E-state index in [2.05, 4.69) is 4.74 Å². The number of carboxylic acids is 2. The van der Waals surface area contributed by atoms with E-state index in [-0.39, 0.29) is 11.3 Å². The molecule has 0 aliphatic heterocycles. The topological polar surface area (TPSA) is 153 Å². The molecule has 1 unspecified atom stereocenters. The lowest BCUT2D eigenvalue weighted by atomic mass is 10.2. The van der Waals surface area contributed by atoms with Crippen LogP contribution in [-0.4, -0.2) is 40.7 Å². The van der Waals surface area contributed by atoms with Crippen molar-refractivity contribution < 1.29 is 29.3 Å². The summed E-state index contributed by atoms with van der Waals surface area (Å²) >= 11 is 0. The maximum absolute atomic E-state index is 10.6. The summed E-state index contributed by atoms with van der Waals surface area (Å²) in [4.78, 5) is 31.1. The van der Waals surface area contributed by atoms with Gasteiger partial charge in [-0.25, -0.2) is 4.79 Å². The summed E-state index contributed by atoms with van der Waals surface area (Å²) in [5.74, 6) is -2.57. The van der Waals surface area contributed by atoms with Crippen LogP contribution in [0.1, 0.15) is 23.7 Å². The molecule has 116 valence electrons. The van der Waals surface area contributed by atoms with Crippen LogP contribution in [0.25, 0.3) is 0 Å². The molecule has 0 saturated heterocycles. The zero-order valence-corrected chi connectivity index (χ0v) is 11.5. The second-order valence-corrected chi connectivity index (χ2v) is 3.92. The molecule has 0 heterocycles. The molecule has 1 atom stereocenters. The minimum absolute atomic E-state index is 0.0160. The highest BCUT2D eigenvalue weighted by Crippen LogP contribution is 2.17. The Morgan fingerprint density at radius 3 is 2.19 bits per heavy atom. The lowest BCUT2D eigenvalue weighted by molar-refractivity contribution is -0.138. The van der Waals surface area contributed by atoms with E-state index in [4.69, 9.17) is 21.7 Å². The van der Waals surface area contributed by atoms with Gasteiger partial charge in [0.05, 0.1) is 0 Å². The van der Waals surface area contributed by atoms with Crippen LogP contribution in [0.3, 0.4) is 0 Å². The zero-order chi connectivity index (χ0) is 16.4. The Morgan fingerprint density at radius 2 is 1.81 bits per heavy atom. The molecule has 0 spiro atoms. The second kappa shape index (κ2) is 9.45. The number of carbonyl (C=O) groups excluding carboxylic acids is 1. The quantitative estimate of drug-likeness (QED) is 0.439. The lowest BCUT2D eigenvalue weighted by Crippen LogP contribution is -2.32. The van der Waals surface area contributed by atoms with Gasteiger partial charge < -0.3 is 26.4 Å². The minimum Gasteiger partial charge on any atom is -0.480 e. The van der Waals surface area contributed by atoms with Crippen LogP contribution >= 0.6 is 0 Å². The first-order valence-corrected chi connectivity index (χ1v) is 5.98. The Labute approximate surface area is 121 Å².